The van der Waals surface area contributed by atoms with E-state index in [0.29, 0.717) is 36.6 Å². The van der Waals surface area contributed by atoms with Gasteiger partial charge in [0.25, 0.3) is 5.91 Å². The highest BCUT2D eigenvalue weighted by molar-refractivity contribution is 5.96. The molecular formula is C19H29N3O3. The summed E-state index contributed by atoms with van der Waals surface area (Å²) in [7, 11) is 0. The van der Waals surface area contributed by atoms with Crippen LogP contribution in [0, 0.1) is 5.92 Å². The van der Waals surface area contributed by atoms with Crippen molar-refractivity contribution in [3.05, 3.63) is 23.9 Å². The molecule has 3 rings (SSSR count). The first-order valence-electron chi connectivity index (χ1n) is 9.45. The second-order valence-corrected chi connectivity index (χ2v) is 7.00. The summed E-state index contributed by atoms with van der Waals surface area (Å²) >= 11 is 0. The highest BCUT2D eigenvalue weighted by Crippen LogP contribution is 2.25. The number of ether oxygens (including phenoxy) is 1. The van der Waals surface area contributed by atoms with E-state index in [2.05, 4.69) is 9.88 Å². The molecule has 2 fully saturated rings. The van der Waals surface area contributed by atoms with Gasteiger partial charge in [-0.15, -0.1) is 0 Å². The number of carbonyl (C=O) groups is 1. The lowest BCUT2D eigenvalue weighted by atomic mass is 9.94. The fraction of sp³-hybridized carbons (Fsp3) is 0.684. The first kappa shape index (κ1) is 18.1. The molecule has 2 aliphatic rings. The van der Waals surface area contributed by atoms with Gasteiger partial charge in [-0.2, -0.15) is 0 Å². The van der Waals surface area contributed by atoms with Gasteiger partial charge in [-0.1, -0.05) is 0 Å². The molecule has 138 valence electrons. The van der Waals surface area contributed by atoms with E-state index < -0.39 is 0 Å². The third-order valence-electron chi connectivity index (χ3n) is 5.39. The average Bonchev–Trinajstić information content (AvgIpc) is 2.68. The quantitative estimate of drug-likeness (QED) is 0.880. The molecule has 0 aliphatic carbocycles. The average molecular weight is 347 g/mol. The van der Waals surface area contributed by atoms with Crippen molar-refractivity contribution in [3.63, 3.8) is 0 Å². The standard InChI is InChI=1S/C19H29N3O3/c1-2-25-18-17(6-3-9-20-18)19(24)22-10-4-5-16(13-22)21-11-7-15(14-23)8-12-21/h3,6,9,15-16,23H,2,4-5,7-8,10-14H2,1H3. The molecule has 0 radical (unpaired) electrons. The Morgan fingerprint density at radius 3 is 2.84 bits per heavy atom. The fourth-order valence-electron chi connectivity index (χ4n) is 3.91. The minimum Gasteiger partial charge on any atom is -0.477 e. The summed E-state index contributed by atoms with van der Waals surface area (Å²) in [5.74, 6) is 0.897. The Hall–Kier alpha value is -1.66. The van der Waals surface area contributed by atoms with Crippen molar-refractivity contribution in [2.24, 2.45) is 5.92 Å². The van der Waals surface area contributed by atoms with E-state index in [1.807, 2.05) is 11.8 Å². The van der Waals surface area contributed by atoms with Crippen LogP contribution in [0.3, 0.4) is 0 Å². The lowest BCUT2D eigenvalue weighted by Gasteiger charge is -2.42. The zero-order valence-corrected chi connectivity index (χ0v) is 15.1. The second-order valence-electron chi connectivity index (χ2n) is 7.00. The van der Waals surface area contributed by atoms with Crippen molar-refractivity contribution in [2.75, 3.05) is 39.4 Å². The van der Waals surface area contributed by atoms with Gasteiger partial charge in [0.15, 0.2) is 0 Å². The molecule has 2 saturated heterocycles. The number of aliphatic hydroxyl groups excluding tert-OH is 1. The third-order valence-corrected chi connectivity index (χ3v) is 5.39. The van der Waals surface area contributed by atoms with E-state index in [1.54, 1.807) is 18.3 Å². The van der Waals surface area contributed by atoms with Crippen molar-refractivity contribution in [1.29, 1.82) is 0 Å². The molecule has 1 unspecified atom stereocenters. The number of amides is 1. The van der Waals surface area contributed by atoms with Crippen molar-refractivity contribution < 1.29 is 14.6 Å². The van der Waals surface area contributed by atoms with Crippen LogP contribution in [0.15, 0.2) is 18.3 Å². The molecule has 6 heteroatoms. The predicted octanol–water partition coefficient (Wildman–Crippen LogP) is 1.79. The smallest absolute Gasteiger partial charge is 0.259 e. The van der Waals surface area contributed by atoms with Crippen LogP contribution in [0.1, 0.15) is 43.0 Å². The molecule has 1 amide bonds. The van der Waals surface area contributed by atoms with Crippen LogP contribution in [-0.2, 0) is 0 Å². The number of carbonyl (C=O) groups excluding carboxylic acids is 1. The summed E-state index contributed by atoms with van der Waals surface area (Å²) in [5.41, 5.74) is 0.559. The van der Waals surface area contributed by atoms with Gasteiger partial charge >= 0.3 is 0 Å². The van der Waals surface area contributed by atoms with Crippen LogP contribution in [0.2, 0.25) is 0 Å². The highest BCUT2D eigenvalue weighted by Gasteiger charge is 2.31. The van der Waals surface area contributed by atoms with Crippen LogP contribution < -0.4 is 4.74 Å². The summed E-state index contributed by atoms with van der Waals surface area (Å²) in [5, 5.41) is 9.31. The van der Waals surface area contributed by atoms with Crippen LogP contribution in [0.25, 0.3) is 0 Å². The molecule has 0 saturated carbocycles. The molecule has 0 spiro atoms. The van der Waals surface area contributed by atoms with Crippen molar-refractivity contribution >= 4 is 5.91 Å². The maximum absolute atomic E-state index is 13.0. The number of hydrogen-bond acceptors (Lipinski definition) is 5. The Labute approximate surface area is 149 Å². The number of hydrogen-bond donors (Lipinski definition) is 1. The minimum absolute atomic E-state index is 0.0199. The molecule has 1 aromatic rings. The summed E-state index contributed by atoms with van der Waals surface area (Å²) < 4.78 is 5.52. The van der Waals surface area contributed by atoms with Crippen LogP contribution in [0.5, 0.6) is 5.88 Å². The monoisotopic (exact) mass is 347 g/mol. The number of aliphatic hydroxyl groups is 1. The largest absolute Gasteiger partial charge is 0.477 e. The Bertz CT molecular complexity index is 573. The van der Waals surface area contributed by atoms with Crippen LogP contribution in [0.4, 0.5) is 0 Å². The number of rotatable bonds is 5. The lowest BCUT2D eigenvalue weighted by Crippen LogP contribution is -2.52. The Morgan fingerprint density at radius 2 is 2.12 bits per heavy atom. The first-order chi connectivity index (χ1) is 12.2. The molecule has 2 aliphatic heterocycles. The summed E-state index contributed by atoms with van der Waals surface area (Å²) in [6.45, 7) is 6.30. The number of pyridine rings is 1. The van der Waals surface area contributed by atoms with E-state index in [0.717, 1.165) is 51.9 Å². The van der Waals surface area contributed by atoms with Crippen LogP contribution >= 0.6 is 0 Å². The van der Waals surface area contributed by atoms with Crippen molar-refractivity contribution in [2.45, 2.75) is 38.6 Å². The van der Waals surface area contributed by atoms with Gasteiger partial charge in [0.05, 0.1) is 6.61 Å². The van der Waals surface area contributed by atoms with E-state index in [4.69, 9.17) is 4.74 Å². The summed E-state index contributed by atoms with van der Waals surface area (Å²) in [6, 6.07) is 4.01. The predicted molar refractivity (Wildman–Crippen MR) is 95.7 cm³/mol. The molecule has 6 nitrogen and oxygen atoms in total. The molecule has 1 atom stereocenters. The second kappa shape index (κ2) is 8.63. The first-order valence-corrected chi connectivity index (χ1v) is 9.45. The number of nitrogens with zero attached hydrogens (tertiary/aromatic N) is 3. The number of likely N-dealkylation sites (tertiary alicyclic amines) is 2. The zero-order chi connectivity index (χ0) is 17.6. The van der Waals surface area contributed by atoms with E-state index in [1.165, 1.54) is 0 Å². The fourth-order valence-corrected chi connectivity index (χ4v) is 3.91. The highest BCUT2D eigenvalue weighted by atomic mass is 16.5. The van der Waals surface area contributed by atoms with Crippen LogP contribution in [-0.4, -0.2) is 71.2 Å². The molecule has 0 bridgehead atoms. The molecule has 1 aromatic heterocycles. The molecule has 0 aromatic carbocycles. The summed E-state index contributed by atoms with van der Waals surface area (Å²) in [6.07, 6.45) is 5.93. The van der Waals surface area contributed by atoms with E-state index in [-0.39, 0.29) is 5.91 Å². The number of piperidine rings is 2. The van der Waals surface area contributed by atoms with E-state index in [9.17, 15) is 9.90 Å². The minimum atomic E-state index is 0.0199. The lowest BCUT2D eigenvalue weighted by molar-refractivity contribution is 0.0443. The van der Waals surface area contributed by atoms with Gasteiger partial charge in [0, 0.05) is 31.9 Å². The van der Waals surface area contributed by atoms with Gasteiger partial charge in [0.2, 0.25) is 5.88 Å². The SMILES string of the molecule is CCOc1ncccc1C(=O)N1CCCC(N2CCC(CO)CC2)C1. The molecule has 1 N–H and O–H groups in total. The van der Waals surface area contributed by atoms with E-state index >= 15 is 0 Å². The van der Waals surface area contributed by atoms with Crippen molar-refractivity contribution in [1.82, 2.24) is 14.8 Å². The maximum atomic E-state index is 13.0. The Morgan fingerprint density at radius 1 is 1.32 bits per heavy atom. The van der Waals surface area contributed by atoms with Gasteiger partial charge in [-0.05, 0) is 63.7 Å². The maximum Gasteiger partial charge on any atom is 0.259 e. The normalized spacial score (nSPS) is 22.8. The van der Waals surface area contributed by atoms with Gasteiger partial charge in [-0.25, -0.2) is 4.98 Å². The van der Waals surface area contributed by atoms with Gasteiger partial charge in [0.1, 0.15) is 5.56 Å². The topological polar surface area (TPSA) is 65.9 Å². The zero-order valence-electron chi connectivity index (χ0n) is 15.1. The number of aromatic nitrogens is 1. The van der Waals surface area contributed by atoms with Gasteiger partial charge in [-0.3, -0.25) is 9.69 Å². The molecule has 3 heterocycles. The van der Waals surface area contributed by atoms with Gasteiger partial charge < -0.3 is 14.7 Å². The Balaban J connectivity index is 1.64. The van der Waals surface area contributed by atoms with Crippen molar-refractivity contribution in [3.8, 4) is 5.88 Å². The third kappa shape index (κ3) is 4.30. The Kier molecular flexibility index (Phi) is 6.26. The molecular weight excluding hydrogens is 318 g/mol. The molecule has 25 heavy (non-hydrogen) atoms. The summed E-state index contributed by atoms with van der Waals surface area (Å²) in [4.78, 5) is 21.6.